The van der Waals surface area contributed by atoms with E-state index in [2.05, 4.69) is 62.3 Å². The topological polar surface area (TPSA) is 26.0 Å². The van der Waals surface area contributed by atoms with Crippen LogP contribution in [0.25, 0.3) is 0 Å². The number of rotatable bonds is 9. The van der Waals surface area contributed by atoms with Crippen molar-refractivity contribution in [1.82, 2.24) is 0 Å². The normalized spacial score (nSPS) is 17.1. The van der Waals surface area contributed by atoms with Gasteiger partial charge in [-0.05, 0) is 48.3 Å². The highest BCUT2D eigenvalue weighted by Crippen LogP contribution is 2.50. The maximum atomic E-state index is 5.99. The van der Waals surface area contributed by atoms with Crippen LogP contribution < -0.4 is 5.73 Å². The molecule has 0 fully saturated rings. The molecule has 0 aromatic rings. The minimum absolute atomic E-state index is 0.318. The summed E-state index contributed by atoms with van der Waals surface area (Å²) in [5.74, 6) is 0.744. The summed E-state index contributed by atoms with van der Waals surface area (Å²) in [6.07, 6.45) is 6.19. The average molecular weight is 284 g/mol. The van der Waals surface area contributed by atoms with Gasteiger partial charge in [-0.25, -0.2) is 0 Å². The van der Waals surface area contributed by atoms with E-state index in [1.54, 1.807) is 0 Å². The molecule has 0 aliphatic carbocycles. The zero-order valence-electron chi connectivity index (χ0n) is 15.8. The fourth-order valence-electron chi connectivity index (χ4n) is 3.33. The highest BCUT2D eigenvalue weighted by molar-refractivity contribution is 4.91. The van der Waals surface area contributed by atoms with Gasteiger partial charge in [0.05, 0.1) is 0 Å². The Bertz CT molecular complexity index is 273. The van der Waals surface area contributed by atoms with Crippen molar-refractivity contribution < 1.29 is 0 Å². The molecule has 0 heterocycles. The van der Waals surface area contributed by atoms with Crippen LogP contribution in [0, 0.1) is 22.2 Å². The highest BCUT2D eigenvalue weighted by Gasteiger charge is 2.41. The fraction of sp³-hybridized carbons (Fsp3) is 1.00. The molecule has 0 aliphatic heterocycles. The molecule has 122 valence electrons. The van der Waals surface area contributed by atoms with E-state index in [0.717, 1.165) is 12.3 Å². The van der Waals surface area contributed by atoms with E-state index in [0.29, 0.717) is 22.3 Å². The van der Waals surface area contributed by atoms with Gasteiger partial charge in [0, 0.05) is 6.04 Å². The van der Waals surface area contributed by atoms with Crippen LogP contribution in [-0.4, -0.2) is 6.04 Å². The lowest BCUT2D eigenvalue weighted by Crippen LogP contribution is -2.39. The molecule has 20 heavy (non-hydrogen) atoms. The van der Waals surface area contributed by atoms with Gasteiger partial charge in [-0.2, -0.15) is 0 Å². The summed E-state index contributed by atoms with van der Waals surface area (Å²) >= 11 is 0. The van der Waals surface area contributed by atoms with Crippen LogP contribution in [0.4, 0.5) is 0 Å². The molecule has 1 heteroatoms. The molecule has 0 spiro atoms. The largest absolute Gasteiger partial charge is 0.328 e. The first-order chi connectivity index (χ1) is 8.88. The summed E-state index contributed by atoms with van der Waals surface area (Å²) in [5, 5.41) is 0. The van der Waals surface area contributed by atoms with Gasteiger partial charge < -0.3 is 5.73 Å². The van der Waals surface area contributed by atoms with Gasteiger partial charge in [-0.1, -0.05) is 68.2 Å². The van der Waals surface area contributed by atoms with Crippen molar-refractivity contribution in [3.8, 4) is 0 Å². The molecule has 0 aromatic heterocycles. The van der Waals surface area contributed by atoms with Crippen molar-refractivity contribution in [2.24, 2.45) is 27.9 Å². The first kappa shape index (κ1) is 20.0. The van der Waals surface area contributed by atoms with Crippen LogP contribution in [0.1, 0.15) is 94.4 Å². The Morgan fingerprint density at radius 3 is 1.70 bits per heavy atom. The molecular formula is C19H41N. The van der Waals surface area contributed by atoms with Crippen molar-refractivity contribution in [3.63, 3.8) is 0 Å². The molecule has 0 amide bonds. The number of nitrogens with two attached hydrogens (primary N) is 1. The van der Waals surface area contributed by atoms with E-state index in [1.807, 2.05) is 0 Å². The second-order valence-corrected chi connectivity index (χ2v) is 9.12. The Balaban J connectivity index is 5.20. The molecule has 2 atom stereocenters. The van der Waals surface area contributed by atoms with Crippen LogP contribution in [0.15, 0.2) is 0 Å². The van der Waals surface area contributed by atoms with Crippen molar-refractivity contribution in [2.45, 2.75) is 100 Å². The predicted octanol–water partition coefficient (Wildman–Crippen LogP) is 6.02. The highest BCUT2D eigenvalue weighted by atomic mass is 14.6. The minimum Gasteiger partial charge on any atom is -0.328 e. The average Bonchev–Trinajstić information content (AvgIpc) is 2.33. The Kier molecular flexibility index (Phi) is 7.28. The molecule has 0 saturated heterocycles. The van der Waals surface area contributed by atoms with Crippen LogP contribution in [0.2, 0.25) is 0 Å². The molecule has 0 bridgehead atoms. The van der Waals surface area contributed by atoms with Crippen molar-refractivity contribution in [2.75, 3.05) is 0 Å². The third-order valence-electron chi connectivity index (χ3n) is 5.76. The third-order valence-corrected chi connectivity index (χ3v) is 5.76. The second kappa shape index (κ2) is 7.29. The van der Waals surface area contributed by atoms with Crippen LogP contribution >= 0.6 is 0 Å². The first-order valence-electron chi connectivity index (χ1n) is 8.63. The number of hydrogen-bond acceptors (Lipinski definition) is 1. The standard InChI is InChI=1S/C19H41N/c1-10-17(4,5)14-16(18(6,7)11-2)19(8,9)13-12-15(3)20/h15-16H,10-14,20H2,1-9H3. The summed E-state index contributed by atoms with van der Waals surface area (Å²) in [6.45, 7) is 21.5. The Labute approximate surface area is 129 Å². The van der Waals surface area contributed by atoms with E-state index in [-0.39, 0.29) is 0 Å². The Hall–Kier alpha value is -0.0400. The van der Waals surface area contributed by atoms with Gasteiger partial charge in [-0.3, -0.25) is 0 Å². The third kappa shape index (κ3) is 6.16. The summed E-state index contributed by atoms with van der Waals surface area (Å²) in [7, 11) is 0. The molecule has 0 aromatic carbocycles. The van der Waals surface area contributed by atoms with Crippen molar-refractivity contribution in [1.29, 1.82) is 0 Å². The lowest BCUT2D eigenvalue weighted by molar-refractivity contribution is 0.0192. The van der Waals surface area contributed by atoms with Gasteiger partial charge >= 0.3 is 0 Å². The van der Waals surface area contributed by atoms with Crippen LogP contribution in [0.5, 0.6) is 0 Å². The monoisotopic (exact) mass is 283 g/mol. The van der Waals surface area contributed by atoms with E-state index in [1.165, 1.54) is 25.7 Å². The molecule has 2 N–H and O–H groups in total. The lowest BCUT2D eigenvalue weighted by atomic mass is 9.57. The summed E-state index contributed by atoms with van der Waals surface area (Å²) < 4.78 is 0. The SMILES string of the molecule is CCC(C)(C)CC(C(C)(C)CC)C(C)(C)CCC(C)N. The summed E-state index contributed by atoms with van der Waals surface area (Å²) in [5.41, 5.74) is 7.19. The molecule has 1 nitrogen and oxygen atoms in total. The molecule has 2 unspecified atom stereocenters. The first-order valence-corrected chi connectivity index (χ1v) is 8.63. The van der Waals surface area contributed by atoms with Crippen LogP contribution in [0.3, 0.4) is 0 Å². The van der Waals surface area contributed by atoms with Crippen LogP contribution in [-0.2, 0) is 0 Å². The molecule has 0 aliphatic rings. The van der Waals surface area contributed by atoms with Gasteiger partial charge in [0.2, 0.25) is 0 Å². The smallest absolute Gasteiger partial charge is 0.00106 e. The Morgan fingerprint density at radius 1 is 0.850 bits per heavy atom. The van der Waals surface area contributed by atoms with E-state index in [9.17, 15) is 0 Å². The van der Waals surface area contributed by atoms with E-state index < -0.39 is 0 Å². The summed E-state index contributed by atoms with van der Waals surface area (Å²) in [4.78, 5) is 0. The van der Waals surface area contributed by atoms with Gasteiger partial charge in [0.25, 0.3) is 0 Å². The molecular weight excluding hydrogens is 242 g/mol. The summed E-state index contributed by atoms with van der Waals surface area (Å²) in [6, 6.07) is 0.318. The molecule has 0 saturated carbocycles. The van der Waals surface area contributed by atoms with Gasteiger partial charge in [0.15, 0.2) is 0 Å². The molecule has 0 rings (SSSR count). The lowest BCUT2D eigenvalue weighted by Gasteiger charge is -2.48. The van der Waals surface area contributed by atoms with E-state index in [4.69, 9.17) is 5.73 Å². The van der Waals surface area contributed by atoms with Gasteiger partial charge in [0.1, 0.15) is 0 Å². The quantitative estimate of drug-likeness (QED) is 0.550. The predicted molar refractivity (Wildman–Crippen MR) is 92.9 cm³/mol. The maximum Gasteiger partial charge on any atom is 0.00106 e. The Morgan fingerprint density at radius 2 is 1.35 bits per heavy atom. The number of hydrogen-bond donors (Lipinski definition) is 1. The maximum absolute atomic E-state index is 5.99. The van der Waals surface area contributed by atoms with Crippen molar-refractivity contribution in [3.05, 3.63) is 0 Å². The molecule has 0 radical (unpaired) electrons. The zero-order valence-corrected chi connectivity index (χ0v) is 15.8. The van der Waals surface area contributed by atoms with Gasteiger partial charge in [-0.15, -0.1) is 0 Å². The minimum atomic E-state index is 0.318. The van der Waals surface area contributed by atoms with Crippen molar-refractivity contribution >= 4 is 0 Å². The van der Waals surface area contributed by atoms with E-state index >= 15 is 0 Å². The zero-order chi connectivity index (χ0) is 16.2. The fourth-order valence-corrected chi connectivity index (χ4v) is 3.33. The second-order valence-electron chi connectivity index (χ2n) is 9.12.